The second-order valence-electron chi connectivity index (χ2n) is 16.2. The van der Waals surface area contributed by atoms with Crippen molar-refractivity contribution < 1.29 is 38.3 Å². The molecule has 3 unspecified atom stereocenters. The van der Waals surface area contributed by atoms with E-state index in [-0.39, 0.29) is 54.7 Å². The number of fused-ring (bicyclic) bond motifs is 1. The largest absolute Gasteiger partial charge is 0.382 e. The second kappa shape index (κ2) is 20.5. The molecule has 6 amide bonds. The average Bonchev–Trinajstić information content (AvgIpc) is 3.55. The monoisotopic (exact) mass is 846 g/mol. The van der Waals surface area contributed by atoms with E-state index in [2.05, 4.69) is 31.2 Å². The molecule has 0 radical (unpaired) electrons. The molecule has 1 aromatic heterocycles. The fraction of sp³-hybridized carbons (Fsp3) is 0.435. The van der Waals surface area contributed by atoms with E-state index in [1.807, 2.05) is 41.3 Å². The minimum atomic E-state index is -1.06. The van der Waals surface area contributed by atoms with Crippen molar-refractivity contribution in [3.05, 3.63) is 95.3 Å². The van der Waals surface area contributed by atoms with Crippen LogP contribution in [0.5, 0.6) is 0 Å². The zero-order chi connectivity index (χ0) is 43.6. The number of carbonyl (C=O) groups is 7. The predicted molar refractivity (Wildman–Crippen MR) is 231 cm³/mol. The lowest BCUT2D eigenvalue weighted by atomic mass is 9.91. The fourth-order valence-electron chi connectivity index (χ4n) is 8.52. The van der Waals surface area contributed by atoms with E-state index in [1.54, 1.807) is 37.5 Å². The number of imide groups is 2. The van der Waals surface area contributed by atoms with E-state index in [4.69, 9.17) is 4.74 Å². The van der Waals surface area contributed by atoms with Gasteiger partial charge in [-0.05, 0) is 92.6 Å². The van der Waals surface area contributed by atoms with Crippen LogP contribution in [0.25, 0.3) is 6.08 Å². The Bertz CT molecular complexity index is 2170. The van der Waals surface area contributed by atoms with E-state index in [9.17, 15) is 33.6 Å². The predicted octanol–water partition coefficient (Wildman–Crippen LogP) is 3.20. The summed E-state index contributed by atoms with van der Waals surface area (Å²) in [5.74, 6) is -1.91. The van der Waals surface area contributed by atoms with Crippen LogP contribution in [0.2, 0.25) is 0 Å². The van der Waals surface area contributed by atoms with Gasteiger partial charge >= 0.3 is 0 Å². The zero-order valence-corrected chi connectivity index (χ0v) is 35.0. The SMILES string of the molecule is CC(OCCNc1cccc2c1C(=O)N(C1CCC(=O)NC1=O)C2=O)C(=O)C1CN(c2ccc(C(=O)N3CCC(CCCCNC(=O)/C=C/c4cccnc4)CC3)cc2)CCN1. The van der Waals surface area contributed by atoms with Gasteiger partial charge in [-0.25, -0.2) is 0 Å². The number of piperidine rings is 2. The van der Waals surface area contributed by atoms with Crippen LogP contribution in [0.4, 0.5) is 11.4 Å². The molecular formula is C46H54N8O8. The van der Waals surface area contributed by atoms with Crippen molar-refractivity contribution in [1.82, 2.24) is 30.7 Å². The van der Waals surface area contributed by atoms with E-state index in [0.717, 1.165) is 61.3 Å². The van der Waals surface area contributed by atoms with Crippen LogP contribution in [-0.2, 0) is 23.9 Å². The molecule has 0 bridgehead atoms. The molecule has 3 aromatic rings. The van der Waals surface area contributed by atoms with Crippen molar-refractivity contribution in [1.29, 1.82) is 0 Å². The average molecular weight is 847 g/mol. The molecule has 3 atom stereocenters. The van der Waals surface area contributed by atoms with Crippen molar-refractivity contribution in [3.63, 3.8) is 0 Å². The summed E-state index contributed by atoms with van der Waals surface area (Å²) in [6, 6.07) is 14.6. The highest BCUT2D eigenvalue weighted by atomic mass is 16.5. The molecule has 326 valence electrons. The molecule has 5 heterocycles. The number of hydrogen-bond donors (Lipinski definition) is 4. The number of ketones is 1. The van der Waals surface area contributed by atoms with Crippen molar-refractivity contribution in [2.24, 2.45) is 5.92 Å². The molecule has 4 aliphatic rings. The molecule has 0 aliphatic carbocycles. The first-order valence-corrected chi connectivity index (χ1v) is 21.5. The maximum absolute atomic E-state index is 13.5. The van der Waals surface area contributed by atoms with Gasteiger partial charge in [0.05, 0.1) is 23.8 Å². The number of likely N-dealkylation sites (tertiary alicyclic amines) is 1. The number of rotatable bonds is 17. The zero-order valence-electron chi connectivity index (χ0n) is 35.0. The highest BCUT2D eigenvalue weighted by Crippen LogP contribution is 2.32. The number of aromatic nitrogens is 1. The normalized spacial score (nSPS) is 20.0. The van der Waals surface area contributed by atoms with E-state index < -0.39 is 41.8 Å². The van der Waals surface area contributed by atoms with Gasteiger partial charge < -0.3 is 30.5 Å². The van der Waals surface area contributed by atoms with Crippen molar-refractivity contribution in [2.45, 2.75) is 70.1 Å². The Morgan fingerprint density at radius 1 is 0.935 bits per heavy atom. The molecule has 62 heavy (non-hydrogen) atoms. The number of nitrogens with zero attached hydrogens (tertiary/aromatic N) is 4. The van der Waals surface area contributed by atoms with Crippen molar-refractivity contribution in [2.75, 3.05) is 62.6 Å². The summed E-state index contributed by atoms with van der Waals surface area (Å²) in [6.45, 7) is 5.91. The summed E-state index contributed by atoms with van der Waals surface area (Å²) >= 11 is 0. The molecule has 2 aromatic carbocycles. The first-order chi connectivity index (χ1) is 30.1. The first-order valence-electron chi connectivity index (χ1n) is 21.5. The Morgan fingerprint density at radius 3 is 2.50 bits per heavy atom. The molecule has 16 heteroatoms. The third kappa shape index (κ3) is 10.6. The Labute approximate surface area is 360 Å². The molecule has 7 rings (SSSR count). The molecule has 0 spiro atoms. The smallest absolute Gasteiger partial charge is 0.264 e. The minimum absolute atomic E-state index is 0.0248. The summed E-state index contributed by atoms with van der Waals surface area (Å²) in [6.07, 6.45) is 11.0. The van der Waals surface area contributed by atoms with Crippen LogP contribution in [0, 0.1) is 5.92 Å². The lowest BCUT2D eigenvalue weighted by Gasteiger charge is -2.35. The summed E-state index contributed by atoms with van der Waals surface area (Å²) in [5, 5.41) is 11.6. The lowest BCUT2D eigenvalue weighted by Crippen LogP contribution is -2.56. The Balaban J connectivity index is 0.803. The van der Waals surface area contributed by atoms with Gasteiger partial charge in [-0.3, -0.25) is 48.8 Å². The van der Waals surface area contributed by atoms with Gasteiger partial charge in [-0.2, -0.15) is 0 Å². The quantitative estimate of drug-likeness (QED) is 0.0881. The molecule has 3 fully saturated rings. The standard InChI is InChI=1S/C46H54N8O8/c1-30(62-27-23-49-36-9-4-8-35-41(36)46(61)54(45(35)60)38-15-17-40(56)51-43(38)58)42(57)37-29-53(26-22-48-37)34-13-11-33(12-14-34)44(59)52-24-18-31(19-25-52)6-2-3-21-50-39(55)16-10-32-7-5-20-47-28-32/h4-5,7-14,16,20,28,30-31,37-38,48-49H,2-3,6,15,17-19,21-27,29H2,1H3,(H,50,55)(H,51,56,58)/b16-10+. The topological polar surface area (TPSA) is 199 Å². The highest BCUT2D eigenvalue weighted by Gasteiger charge is 2.45. The van der Waals surface area contributed by atoms with Crippen molar-refractivity contribution >= 4 is 58.7 Å². The van der Waals surface area contributed by atoms with Gasteiger partial charge in [0, 0.05) is 87.6 Å². The number of anilines is 2. The number of nitrogens with one attached hydrogen (secondary N) is 4. The molecule has 4 N–H and O–H groups in total. The van der Waals surface area contributed by atoms with E-state index in [1.165, 1.54) is 12.1 Å². The third-order valence-corrected chi connectivity index (χ3v) is 12.0. The maximum Gasteiger partial charge on any atom is 0.264 e. The minimum Gasteiger partial charge on any atom is -0.382 e. The van der Waals surface area contributed by atoms with Gasteiger partial charge in [-0.15, -0.1) is 0 Å². The summed E-state index contributed by atoms with van der Waals surface area (Å²) in [4.78, 5) is 98.6. The summed E-state index contributed by atoms with van der Waals surface area (Å²) in [7, 11) is 0. The number of piperazine rings is 1. The van der Waals surface area contributed by atoms with Gasteiger partial charge in [0.1, 0.15) is 12.1 Å². The number of pyridine rings is 1. The van der Waals surface area contributed by atoms with Gasteiger partial charge in [-0.1, -0.05) is 25.0 Å². The fourth-order valence-corrected chi connectivity index (χ4v) is 8.52. The number of amides is 6. The number of carbonyl (C=O) groups excluding carboxylic acids is 7. The number of ether oxygens (including phenoxy) is 1. The van der Waals surface area contributed by atoms with Crippen LogP contribution in [0.3, 0.4) is 0 Å². The second-order valence-corrected chi connectivity index (χ2v) is 16.2. The Kier molecular flexibility index (Phi) is 14.5. The molecular weight excluding hydrogens is 793 g/mol. The van der Waals surface area contributed by atoms with Crippen LogP contribution >= 0.6 is 0 Å². The number of Topliss-reactive ketones (excluding diaryl/α,β-unsaturated/α-hetero) is 1. The first kappa shape index (κ1) is 43.8. The van der Waals surface area contributed by atoms with Crippen molar-refractivity contribution in [3.8, 4) is 0 Å². The highest BCUT2D eigenvalue weighted by molar-refractivity contribution is 6.25. The van der Waals surface area contributed by atoms with Gasteiger partial charge in [0.25, 0.3) is 17.7 Å². The van der Waals surface area contributed by atoms with Crippen LogP contribution in [0.15, 0.2) is 73.1 Å². The molecule has 3 saturated heterocycles. The summed E-state index contributed by atoms with van der Waals surface area (Å²) < 4.78 is 5.91. The maximum atomic E-state index is 13.5. The van der Waals surface area contributed by atoms with E-state index >= 15 is 0 Å². The van der Waals surface area contributed by atoms with Gasteiger partial charge in [0.2, 0.25) is 17.7 Å². The number of benzene rings is 2. The number of hydrogen-bond acceptors (Lipinski definition) is 12. The van der Waals surface area contributed by atoms with Crippen LogP contribution in [-0.4, -0.2) is 127 Å². The Hall–Kier alpha value is -6.26. The van der Waals surface area contributed by atoms with Crippen LogP contribution in [0.1, 0.15) is 88.5 Å². The number of unbranched alkanes of at least 4 members (excludes halogenated alkanes) is 1. The van der Waals surface area contributed by atoms with Gasteiger partial charge in [0.15, 0.2) is 5.78 Å². The molecule has 4 aliphatic heterocycles. The lowest BCUT2D eigenvalue weighted by molar-refractivity contribution is -0.136. The molecule has 16 nitrogen and oxygen atoms in total. The van der Waals surface area contributed by atoms with Crippen LogP contribution < -0.4 is 26.2 Å². The Morgan fingerprint density at radius 2 is 1.74 bits per heavy atom. The van der Waals surface area contributed by atoms with E-state index in [0.29, 0.717) is 43.3 Å². The third-order valence-electron chi connectivity index (χ3n) is 12.0. The molecule has 0 saturated carbocycles. The summed E-state index contributed by atoms with van der Waals surface area (Å²) in [5.41, 5.74) is 3.20.